The van der Waals surface area contributed by atoms with Crippen molar-refractivity contribution in [1.29, 1.82) is 0 Å². The fraction of sp³-hybridized carbons (Fsp3) is 1.00. The fourth-order valence-electron chi connectivity index (χ4n) is 2.07. The van der Waals surface area contributed by atoms with Gasteiger partial charge in [0.05, 0.1) is 0 Å². The van der Waals surface area contributed by atoms with Crippen LogP contribution in [-0.2, 0) is 0 Å². The molecular formula is C14H32N2. The van der Waals surface area contributed by atoms with Crippen LogP contribution in [-0.4, -0.2) is 37.6 Å². The maximum absolute atomic E-state index is 3.41. The molecule has 0 heterocycles. The first kappa shape index (κ1) is 15.9. The van der Waals surface area contributed by atoms with Crippen LogP contribution in [0.2, 0.25) is 0 Å². The van der Waals surface area contributed by atoms with Crippen molar-refractivity contribution in [1.82, 2.24) is 10.2 Å². The van der Waals surface area contributed by atoms with Crippen molar-refractivity contribution in [2.75, 3.05) is 32.7 Å². The molecule has 0 aliphatic heterocycles. The lowest BCUT2D eigenvalue weighted by molar-refractivity contribution is 0.229. The molecule has 2 heteroatoms. The fourth-order valence-corrected chi connectivity index (χ4v) is 2.07. The molecule has 0 aliphatic rings. The molecule has 0 fully saturated rings. The normalized spacial score (nSPS) is 13.3. The Kier molecular flexibility index (Phi) is 11.3. The predicted octanol–water partition coefficient (Wildman–Crippen LogP) is 3.13. The van der Waals surface area contributed by atoms with Gasteiger partial charge in [0.1, 0.15) is 0 Å². The number of likely N-dealkylation sites (N-methyl/N-ethyl adjacent to an activating group) is 2. The van der Waals surface area contributed by atoms with E-state index < -0.39 is 0 Å². The van der Waals surface area contributed by atoms with Gasteiger partial charge in [0.2, 0.25) is 0 Å². The molecular weight excluding hydrogens is 196 g/mol. The second kappa shape index (κ2) is 11.4. The molecule has 0 radical (unpaired) electrons. The van der Waals surface area contributed by atoms with Crippen molar-refractivity contribution in [2.24, 2.45) is 5.92 Å². The third kappa shape index (κ3) is 8.12. The van der Waals surface area contributed by atoms with E-state index in [1.54, 1.807) is 0 Å². The minimum Gasteiger partial charge on any atom is -0.316 e. The summed E-state index contributed by atoms with van der Waals surface area (Å²) in [4.78, 5) is 2.59. The Bertz CT molecular complexity index is 137. The van der Waals surface area contributed by atoms with Gasteiger partial charge in [-0.25, -0.2) is 0 Å². The lowest BCUT2D eigenvalue weighted by Crippen LogP contribution is -2.35. The molecule has 0 saturated heterocycles. The Morgan fingerprint density at radius 1 is 1.12 bits per heavy atom. The predicted molar refractivity (Wildman–Crippen MR) is 74.0 cm³/mol. The molecule has 2 nitrogen and oxygen atoms in total. The summed E-state index contributed by atoms with van der Waals surface area (Å²) in [6, 6.07) is 0. The molecule has 1 N–H and O–H groups in total. The number of hydrogen-bond acceptors (Lipinski definition) is 2. The summed E-state index contributed by atoms with van der Waals surface area (Å²) in [5, 5.41) is 3.41. The van der Waals surface area contributed by atoms with Gasteiger partial charge < -0.3 is 10.2 Å². The first-order valence-corrected chi connectivity index (χ1v) is 7.21. The van der Waals surface area contributed by atoms with Crippen molar-refractivity contribution in [2.45, 2.75) is 53.4 Å². The van der Waals surface area contributed by atoms with Crippen LogP contribution in [0.1, 0.15) is 53.4 Å². The summed E-state index contributed by atoms with van der Waals surface area (Å²) in [6.07, 6.45) is 5.46. The number of nitrogens with one attached hydrogen (secondary N) is 1. The van der Waals surface area contributed by atoms with Gasteiger partial charge in [-0.1, -0.05) is 47.0 Å². The summed E-state index contributed by atoms with van der Waals surface area (Å²) >= 11 is 0. The van der Waals surface area contributed by atoms with Gasteiger partial charge in [-0.15, -0.1) is 0 Å². The Balaban J connectivity index is 3.77. The standard InChI is InChI=1S/C14H32N2/c1-5-9-10-14(6-2)13-16(8-4)12-11-15-7-3/h14-15H,5-13H2,1-4H3. The van der Waals surface area contributed by atoms with E-state index in [0.29, 0.717) is 0 Å². The second-order valence-corrected chi connectivity index (χ2v) is 4.66. The van der Waals surface area contributed by atoms with E-state index in [1.165, 1.54) is 45.3 Å². The zero-order valence-electron chi connectivity index (χ0n) is 11.9. The van der Waals surface area contributed by atoms with Crippen LogP contribution in [0.4, 0.5) is 0 Å². The number of rotatable bonds is 11. The van der Waals surface area contributed by atoms with Gasteiger partial charge >= 0.3 is 0 Å². The molecule has 0 aromatic rings. The van der Waals surface area contributed by atoms with E-state index in [4.69, 9.17) is 0 Å². The molecule has 98 valence electrons. The molecule has 0 saturated carbocycles. The van der Waals surface area contributed by atoms with Gasteiger partial charge in [0, 0.05) is 19.6 Å². The van der Waals surface area contributed by atoms with Crippen molar-refractivity contribution in [3.05, 3.63) is 0 Å². The van der Waals surface area contributed by atoms with Crippen LogP contribution < -0.4 is 5.32 Å². The minimum atomic E-state index is 0.904. The molecule has 0 aliphatic carbocycles. The zero-order chi connectivity index (χ0) is 12.2. The summed E-state index contributed by atoms with van der Waals surface area (Å²) in [7, 11) is 0. The highest BCUT2D eigenvalue weighted by molar-refractivity contribution is 4.65. The van der Waals surface area contributed by atoms with Crippen LogP contribution in [0.25, 0.3) is 0 Å². The van der Waals surface area contributed by atoms with Crippen LogP contribution in [0.5, 0.6) is 0 Å². The highest BCUT2D eigenvalue weighted by Crippen LogP contribution is 2.13. The van der Waals surface area contributed by atoms with E-state index in [1.807, 2.05) is 0 Å². The maximum Gasteiger partial charge on any atom is 0.0107 e. The average molecular weight is 228 g/mol. The van der Waals surface area contributed by atoms with Gasteiger partial charge in [-0.05, 0) is 25.4 Å². The average Bonchev–Trinajstić information content (AvgIpc) is 2.32. The number of unbranched alkanes of at least 4 members (excludes halogenated alkanes) is 1. The van der Waals surface area contributed by atoms with Gasteiger partial charge in [0.15, 0.2) is 0 Å². The van der Waals surface area contributed by atoms with Crippen molar-refractivity contribution < 1.29 is 0 Å². The lowest BCUT2D eigenvalue weighted by atomic mass is 9.99. The quantitative estimate of drug-likeness (QED) is 0.547. The Labute approximate surface area is 103 Å². The lowest BCUT2D eigenvalue weighted by Gasteiger charge is -2.25. The van der Waals surface area contributed by atoms with Crippen molar-refractivity contribution in [3.63, 3.8) is 0 Å². The molecule has 0 aromatic heterocycles. The third-order valence-electron chi connectivity index (χ3n) is 3.36. The molecule has 0 spiro atoms. The van der Waals surface area contributed by atoms with E-state index in [-0.39, 0.29) is 0 Å². The van der Waals surface area contributed by atoms with Gasteiger partial charge in [0.25, 0.3) is 0 Å². The maximum atomic E-state index is 3.41. The first-order chi connectivity index (χ1) is 7.78. The second-order valence-electron chi connectivity index (χ2n) is 4.66. The molecule has 1 unspecified atom stereocenters. The highest BCUT2D eigenvalue weighted by Gasteiger charge is 2.10. The SMILES string of the molecule is CCCCC(CC)CN(CC)CCNCC. The van der Waals surface area contributed by atoms with Crippen molar-refractivity contribution >= 4 is 0 Å². The molecule has 0 aromatic carbocycles. The van der Waals surface area contributed by atoms with E-state index in [0.717, 1.165) is 19.0 Å². The molecule has 0 amide bonds. The van der Waals surface area contributed by atoms with Crippen LogP contribution >= 0.6 is 0 Å². The molecule has 0 bridgehead atoms. The Hall–Kier alpha value is -0.0800. The highest BCUT2D eigenvalue weighted by atomic mass is 15.1. The Morgan fingerprint density at radius 2 is 1.88 bits per heavy atom. The van der Waals surface area contributed by atoms with E-state index in [2.05, 4.69) is 37.9 Å². The topological polar surface area (TPSA) is 15.3 Å². The smallest absolute Gasteiger partial charge is 0.0107 e. The molecule has 16 heavy (non-hydrogen) atoms. The summed E-state index contributed by atoms with van der Waals surface area (Å²) in [6.45, 7) is 15.0. The summed E-state index contributed by atoms with van der Waals surface area (Å²) < 4.78 is 0. The van der Waals surface area contributed by atoms with Crippen LogP contribution in [0.15, 0.2) is 0 Å². The molecule has 1 atom stereocenters. The first-order valence-electron chi connectivity index (χ1n) is 7.21. The van der Waals surface area contributed by atoms with E-state index in [9.17, 15) is 0 Å². The summed E-state index contributed by atoms with van der Waals surface area (Å²) in [5.41, 5.74) is 0. The Morgan fingerprint density at radius 3 is 2.38 bits per heavy atom. The van der Waals surface area contributed by atoms with Gasteiger partial charge in [-0.3, -0.25) is 0 Å². The molecule has 0 rings (SSSR count). The van der Waals surface area contributed by atoms with Crippen LogP contribution in [0, 0.1) is 5.92 Å². The largest absolute Gasteiger partial charge is 0.316 e. The summed E-state index contributed by atoms with van der Waals surface area (Å²) in [5.74, 6) is 0.904. The third-order valence-corrected chi connectivity index (χ3v) is 3.36. The van der Waals surface area contributed by atoms with Crippen LogP contribution in [0.3, 0.4) is 0 Å². The minimum absolute atomic E-state index is 0.904. The number of hydrogen-bond donors (Lipinski definition) is 1. The number of nitrogens with zero attached hydrogens (tertiary/aromatic N) is 1. The van der Waals surface area contributed by atoms with Gasteiger partial charge in [-0.2, -0.15) is 0 Å². The van der Waals surface area contributed by atoms with E-state index >= 15 is 0 Å². The van der Waals surface area contributed by atoms with Crippen molar-refractivity contribution in [3.8, 4) is 0 Å². The monoisotopic (exact) mass is 228 g/mol. The zero-order valence-corrected chi connectivity index (χ0v) is 11.9.